The van der Waals surface area contributed by atoms with Gasteiger partial charge >= 0.3 is 0 Å². The van der Waals surface area contributed by atoms with Crippen LogP contribution in [0.25, 0.3) is 0 Å². The van der Waals surface area contributed by atoms with Crippen LogP contribution in [-0.4, -0.2) is 33.4 Å². The Morgan fingerprint density at radius 2 is 2.19 bits per heavy atom. The van der Waals surface area contributed by atoms with Crippen molar-refractivity contribution in [1.29, 1.82) is 0 Å². The van der Waals surface area contributed by atoms with E-state index in [0.29, 0.717) is 13.0 Å². The van der Waals surface area contributed by atoms with Crippen molar-refractivity contribution in [2.24, 2.45) is 5.73 Å². The third-order valence-electron chi connectivity index (χ3n) is 4.42. The minimum absolute atomic E-state index is 0.0898. The van der Waals surface area contributed by atoms with Gasteiger partial charge in [-0.15, -0.1) is 10.2 Å². The SMILES string of the molecule is CC(Sc1nnc(CCC(N)=O)n1CC1CCCO1)c1ccc(F)cc1. The lowest BCUT2D eigenvalue weighted by Gasteiger charge is -2.16. The van der Waals surface area contributed by atoms with Crippen LogP contribution in [0, 0.1) is 5.82 Å². The maximum atomic E-state index is 13.1. The van der Waals surface area contributed by atoms with E-state index < -0.39 is 0 Å². The number of amides is 1. The molecule has 1 aromatic carbocycles. The lowest BCUT2D eigenvalue weighted by molar-refractivity contribution is -0.118. The van der Waals surface area contributed by atoms with E-state index in [1.54, 1.807) is 23.9 Å². The molecule has 2 heterocycles. The van der Waals surface area contributed by atoms with Gasteiger partial charge in [0.15, 0.2) is 5.16 Å². The molecule has 26 heavy (non-hydrogen) atoms. The van der Waals surface area contributed by atoms with Crippen LogP contribution in [0.3, 0.4) is 0 Å². The average molecular weight is 378 g/mol. The first-order chi connectivity index (χ1) is 12.5. The summed E-state index contributed by atoms with van der Waals surface area (Å²) < 4.78 is 20.9. The van der Waals surface area contributed by atoms with Crippen LogP contribution >= 0.6 is 11.8 Å². The number of nitrogens with zero attached hydrogens (tertiary/aromatic N) is 3. The quantitative estimate of drug-likeness (QED) is 0.714. The number of aromatic nitrogens is 3. The normalized spacial score (nSPS) is 18.2. The molecule has 8 heteroatoms. The third kappa shape index (κ3) is 4.82. The van der Waals surface area contributed by atoms with E-state index in [1.165, 1.54) is 12.1 Å². The van der Waals surface area contributed by atoms with E-state index in [9.17, 15) is 9.18 Å². The van der Waals surface area contributed by atoms with Gasteiger partial charge in [0.25, 0.3) is 0 Å². The standard InChI is InChI=1S/C18H23FN4O2S/c1-12(13-4-6-14(19)7-5-13)26-18-22-21-17(9-8-16(20)24)23(18)11-15-3-2-10-25-15/h4-7,12,15H,2-3,8-11H2,1H3,(H2,20,24). The lowest BCUT2D eigenvalue weighted by atomic mass is 10.2. The van der Waals surface area contributed by atoms with Gasteiger partial charge in [0.1, 0.15) is 11.6 Å². The van der Waals surface area contributed by atoms with Gasteiger partial charge in [0, 0.05) is 24.7 Å². The second-order valence-electron chi connectivity index (χ2n) is 6.42. The van der Waals surface area contributed by atoms with Gasteiger partial charge in [-0.05, 0) is 37.5 Å². The second-order valence-corrected chi connectivity index (χ2v) is 7.73. The van der Waals surface area contributed by atoms with Crippen molar-refractivity contribution in [3.8, 4) is 0 Å². The summed E-state index contributed by atoms with van der Waals surface area (Å²) in [4.78, 5) is 11.1. The molecule has 1 amide bonds. The molecule has 1 saturated heterocycles. The fraction of sp³-hybridized carbons (Fsp3) is 0.500. The molecule has 2 unspecified atom stereocenters. The molecule has 0 saturated carbocycles. The summed E-state index contributed by atoms with van der Waals surface area (Å²) in [6.45, 7) is 3.49. The highest BCUT2D eigenvalue weighted by Crippen LogP contribution is 2.34. The van der Waals surface area contributed by atoms with Crippen LogP contribution in [-0.2, 0) is 22.5 Å². The minimum atomic E-state index is -0.356. The molecule has 6 nitrogen and oxygen atoms in total. The second kappa shape index (κ2) is 8.64. The summed E-state index contributed by atoms with van der Waals surface area (Å²) in [6.07, 6.45) is 2.89. The Kier molecular flexibility index (Phi) is 6.26. The highest BCUT2D eigenvalue weighted by molar-refractivity contribution is 7.99. The summed E-state index contributed by atoms with van der Waals surface area (Å²) in [7, 11) is 0. The van der Waals surface area contributed by atoms with Gasteiger partial charge in [-0.25, -0.2) is 4.39 Å². The van der Waals surface area contributed by atoms with E-state index >= 15 is 0 Å². The smallest absolute Gasteiger partial charge is 0.217 e. The first-order valence-corrected chi connectivity index (χ1v) is 9.65. The van der Waals surface area contributed by atoms with Crippen LogP contribution in [0.5, 0.6) is 0 Å². The summed E-state index contributed by atoms with van der Waals surface area (Å²) in [6, 6.07) is 6.48. The van der Waals surface area contributed by atoms with Gasteiger partial charge in [0.2, 0.25) is 5.91 Å². The first kappa shape index (κ1) is 18.8. The molecule has 0 bridgehead atoms. The molecule has 2 aromatic rings. The van der Waals surface area contributed by atoms with Crippen molar-refractivity contribution in [2.75, 3.05) is 6.61 Å². The van der Waals surface area contributed by atoms with Gasteiger partial charge in [-0.2, -0.15) is 0 Å². The van der Waals surface area contributed by atoms with Gasteiger partial charge < -0.3 is 15.0 Å². The predicted octanol–water partition coefficient (Wildman–Crippen LogP) is 2.87. The summed E-state index contributed by atoms with van der Waals surface area (Å²) in [5.41, 5.74) is 6.29. The lowest BCUT2D eigenvalue weighted by Crippen LogP contribution is -2.19. The summed E-state index contributed by atoms with van der Waals surface area (Å²) in [5, 5.41) is 9.44. The van der Waals surface area contributed by atoms with Crippen molar-refractivity contribution in [1.82, 2.24) is 14.8 Å². The number of benzene rings is 1. The topological polar surface area (TPSA) is 83.0 Å². The molecule has 2 atom stereocenters. The molecule has 1 aliphatic rings. The Bertz CT molecular complexity index is 744. The number of halogens is 1. The fourth-order valence-corrected chi connectivity index (χ4v) is 3.97. The number of carbonyl (C=O) groups excluding carboxylic acids is 1. The Morgan fingerprint density at radius 1 is 1.42 bits per heavy atom. The van der Waals surface area contributed by atoms with Gasteiger partial charge in [-0.3, -0.25) is 4.79 Å². The highest BCUT2D eigenvalue weighted by Gasteiger charge is 2.22. The molecule has 0 aliphatic carbocycles. The van der Waals surface area contributed by atoms with E-state index in [0.717, 1.165) is 36.0 Å². The molecule has 1 aliphatic heterocycles. The van der Waals surface area contributed by atoms with Crippen LogP contribution in [0.4, 0.5) is 4.39 Å². The Morgan fingerprint density at radius 3 is 2.85 bits per heavy atom. The Balaban J connectivity index is 1.77. The fourth-order valence-electron chi connectivity index (χ4n) is 2.96. The van der Waals surface area contributed by atoms with Crippen LogP contribution < -0.4 is 5.73 Å². The van der Waals surface area contributed by atoms with Gasteiger partial charge in [0.05, 0.1) is 12.6 Å². The monoisotopic (exact) mass is 378 g/mol. The number of primary amides is 1. The van der Waals surface area contributed by atoms with Crippen molar-refractivity contribution in [3.05, 3.63) is 41.5 Å². The van der Waals surface area contributed by atoms with Crippen LogP contribution in [0.2, 0.25) is 0 Å². The van der Waals surface area contributed by atoms with E-state index in [4.69, 9.17) is 10.5 Å². The molecule has 3 rings (SSSR count). The molecular weight excluding hydrogens is 355 g/mol. The first-order valence-electron chi connectivity index (χ1n) is 8.77. The van der Waals surface area contributed by atoms with E-state index in [1.807, 2.05) is 11.5 Å². The maximum Gasteiger partial charge on any atom is 0.217 e. The number of hydrogen-bond donors (Lipinski definition) is 1. The zero-order valence-corrected chi connectivity index (χ0v) is 15.5. The van der Waals surface area contributed by atoms with E-state index in [-0.39, 0.29) is 29.5 Å². The molecule has 2 N–H and O–H groups in total. The average Bonchev–Trinajstić information content (AvgIpc) is 3.25. The van der Waals surface area contributed by atoms with Crippen molar-refractivity contribution in [2.45, 2.75) is 55.7 Å². The molecular formula is C18H23FN4O2S. The number of carbonyl (C=O) groups is 1. The number of aryl methyl sites for hydroxylation is 1. The van der Waals surface area contributed by atoms with Gasteiger partial charge in [-0.1, -0.05) is 23.9 Å². The minimum Gasteiger partial charge on any atom is -0.376 e. The highest BCUT2D eigenvalue weighted by atomic mass is 32.2. The maximum absolute atomic E-state index is 13.1. The zero-order valence-electron chi connectivity index (χ0n) is 14.7. The van der Waals surface area contributed by atoms with Crippen LogP contribution in [0.15, 0.2) is 29.4 Å². The number of thioether (sulfide) groups is 1. The van der Waals surface area contributed by atoms with Crippen LogP contribution in [0.1, 0.15) is 42.8 Å². The molecule has 0 radical (unpaired) electrons. The zero-order chi connectivity index (χ0) is 18.5. The molecule has 1 fully saturated rings. The largest absolute Gasteiger partial charge is 0.376 e. The Hall–Kier alpha value is -1.93. The molecule has 1 aromatic heterocycles. The van der Waals surface area contributed by atoms with Crippen molar-refractivity contribution in [3.63, 3.8) is 0 Å². The van der Waals surface area contributed by atoms with E-state index in [2.05, 4.69) is 10.2 Å². The number of ether oxygens (including phenoxy) is 1. The molecule has 0 spiro atoms. The van der Waals surface area contributed by atoms with Crippen molar-refractivity contribution >= 4 is 17.7 Å². The molecule has 140 valence electrons. The number of nitrogens with two attached hydrogens (primary N) is 1. The summed E-state index contributed by atoms with van der Waals surface area (Å²) >= 11 is 1.56. The van der Waals surface area contributed by atoms with Crippen molar-refractivity contribution < 1.29 is 13.9 Å². The number of hydrogen-bond acceptors (Lipinski definition) is 5. The summed E-state index contributed by atoms with van der Waals surface area (Å²) in [5.74, 6) is 0.139. The number of rotatable bonds is 8. The predicted molar refractivity (Wildman–Crippen MR) is 97.2 cm³/mol. The third-order valence-corrected chi connectivity index (χ3v) is 5.56. The Labute approximate surface area is 156 Å².